The molecule has 2 aromatic carbocycles. The van der Waals surface area contributed by atoms with Gasteiger partial charge in [-0.05, 0) is 12.1 Å². The number of carboxylic acid groups (broad SMARTS) is 2. The van der Waals surface area contributed by atoms with Crippen molar-refractivity contribution in [2.24, 2.45) is 0 Å². The van der Waals surface area contributed by atoms with Crippen molar-refractivity contribution in [2.75, 3.05) is 13.1 Å². The molecule has 2 rings (SSSR count). The lowest BCUT2D eigenvalue weighted by molar-refractivity contribution is -0.384. The van der Waals surface area contributed by atoms with Gasteiger partial charge in [-0.25, -0.2) is 0 Å². The van der Waals surface area contributed by atoms with E-state index in [0.717, 1.165) is 13.1 Å². The second-order valence-corrected chi connectivity index (χ2v) is 6.66. The number of carboxylic acids is 2. The lowest BCUT2D eigenvalue weighted by Crippen LogP contribution is -2.53. The maximum Gasteiger partial charge on any atom is 0.0742 e. The minimum atomic E-state index is -1.16. The number of halogens is 2. The molecule has 0 fully saturated rings. The number of unbranched alkanes of at least 4 members (excludes halogenated alkanes) is 1. The summed E-state index contributed by atoms with van der Waals surface area (Å²) >= 11 is 6.15. The minimum Gasteiger partial charge on any atom is -0.545 e. The molecule has 0 heterocycles. The van der Waals surface area contributed by atoms with Gasteiger partial charge >= 0.3 is 0 Å². The van der Waals surface area contributed by atoms with Gasteiger partial charge in [0.15, 0.2) is 0 Å². The van der Waals surface area contributed by atoms with Crippen LogP contribution in [0.2, 0.25) is 0 Å². The number of rotatable bonds is 5. The van der Waals surface area contributed by atoms with E-state index >= 15 is 0 Å². The van der Waals surface area contributed by atoms with Crippen LogP contribution in [0.3, 0.4) is 0 Å². The van der Waals surface area contributed by atoms with Crippen LogP contribution in [0.15, 0.2) is 57.5 Å². The first-order valence-electron chi connectivity index (χ1n) is 7.85. The summed E-state index contributed by atoms with van der Waals surface area (Å²) in [7, 11) is 0. The van der Waals surface area contributed by atoms with Gasteiger partial charge in [-0.3, -0.25) is 0 Å². The second kappa shape index (κ2) is 14.4. The van der Waals surface area contributed by atoms with E-state index in [2.05, 4.69) is 43.3 Å². The van der Waals surface area contributed by atoms with Gasteiger partial charge in [-0.1, -0.05) is 68.3 Å². The fourth-order valence-corrected chi connectivity index (χ4v) is 2.50. The predicted octanol–water partition coefficient (Wildman–Crippen LogP) is -0.124. The Hall–Kier alpha value is -1.74. The van der Waals surface area contributed by atoms with Crippen molar-refractivity contribution in [2.45, 2.75) is 12.8 Å². The van der Waals surface area contributed by atoms with Crippen LogP contribution in [0, 0.1) is 0 Å². The van der Waals surface area contributed by atoms with E-state index in [1.165, 1.54) is 25.0 Å². The topological polar surface area (TPSA) is 136 Å². The van der Waals surface area contributed by atoms with Crippen molar-refractivity contribution >= 4 is 43.8 Å². The molecule has 0 aliphatic carbocycles. The summed E-state index contributed by atoms with van der Waals surface area (Å²) in [6, 6.07) is 13.1. The molecule has 8 heteroatoms. The smallest absolute Gasteiger partial charge is 0.0742 e. The third-order valence-electron chi connectivity index (χ3n) is 2.94. The van der Waals surface area contributed by atoms with E-state index in [1.807, 2.05) is 0 Å². The molecule has 0 radical (unpaired) electrons. The van der Waals surface area contributed by atoms with Crippen molar-refractivity contribution < 1.29 is 31.3 Å². The van der Waals surface area contributed by atoms with Crippen LogP contribution >= 0.6 is 31.9 Å². The average molecular weight is 490 g/mol. The number of carbonyl (C=O) groups is 2. The lowest BCUT2D eigenvalue weighted by atomic mass is 10.2. The maximum absolute atomic E-state index is 10.3. The third kappa shape index (κ3) is 10.3. The Morgan fingerprint density at radius 3 is 1.23 bits per heavy atom. The number of aromatic carboxylic acids is 2. The molecule has 0 aromatic heterocycles. The molecule has 0 spiro atoms. The standard InChI is InChI=1S/2C7H5BrO2.C4H12N2/c2*8-6-4-2-1-3-5(6)7(9)10;5-3-1-2-4-6/h2*1-4H,(H,9,10);1-6H2. The highest BCUT2D eigenvalue weighted by Gasteiger charge is 1.96. The molecule has 0 aliphatic rings. The van der Waals surface area contributed by atoms with E-state index in [1.54, 1.807) is 36.4 Å². The van der Waals surface area contributed by atoms with Crippen molar-refractivity contribution in [3.8, 4) is 0 Å². The maximum atomic E-state index is 10.3. The fourth-order valence-electron chi connectivity index (χ4n) is 1.61. The average Bonchev–Trinajstić information content (AvgIpc) is 2.61. The van der Waals surface area contributed by atoms with E-state index in [4.69, 9.17) is 0 Å². The molecule has 0 unspecified atom stereocenters. The molecule has 0 saturated heterocycles. The first-order chi connectivity index (χ1) is 12.3. The van der Waals surface area contributed by atoms with Crippen LogP contribution in [0.1, 0.15) is 33.6 Å². The molecule has 6 nitrogen and oxygen atoms in total. The van der Waals surface area contributed by atoms with Crippen molar-refractivity contribution in [3.63, 3.8) is 0 Å². The molecule has 142 valence electrons. The van der Waals surface area contributed by atoms with Crippen molar-refractivity contribution in [1.82, 2.24) is 0 Å². The number of benzene rings is 2. The molecular formula is C18H22Br2N2O4. The summed E-state index contributed by atoms with van der Waals surface area (Å²) in [5, 5.41) is 20.6. The summed E-state index contributed by atoms with van der Waals surface area (Å²) in [5.74, 6) is -2.32. The summed E-state index contributed by atoms with van der Waals surface area (Å²) in [6.45, 7) is 2.13. The molecular weight excluding hydrogens is 468 g/mol. The van der Waals surface area contributed by atoms with Crippen LogP contribution in [0.4, 0.5) is 0 Å². The van der Waals surface area contributed by atoms with Crippen LogP contribution in [0.25, 0.3) is 0 Å². The highest BCUT2D eigenvalue weighted by Crippen LogP contribution is 2.14. The largest absolute Gasteiger partial charge is 0.545 e. The Morgan fingerprint density at radius 2 is 1.04 bits per heavy atom. The van der Waals surface area contributed by atoms with Gasteiger partial charge < -0.3 is 31.3 Å². The zero-order valence-electron chi connectivity index (χ0n) is 14.3. The van der Waals surface area contributed by atoms with E-state index in [9.17, 15) is 19.8 Å². The third-order valence-corrected chi connectivity index (χ3v) is 4.32. The summed E-state index contributed by atoms with van der Waals surface area (Å²) in [5.41, 5.74) is 7.76. The molecule has 6 N–H and O–H groups in total. The Balaban J connectivity index is 0.000000375. The van der Waals surface area contributed by atoms with E-state index < -0.39 is 11.9 Å². The van der Waals surface area contributed by atoms with Gasteiger partial charge in [0.1, 0.15) is 0 Å². The summed E-state index contributed by atoms with van der Waals surface area (Å²) in [6.07, 6.45) is 2.48. The molecule has 2 aromatic rings. The number of hydrogen-bond acceptors (Lipinski definition) is 4. The van der Waals surface area contributed by atoms with E-state index in [-0.39, 0.29) is 11.1 Å². The Kier molecular flexibility index (Phi) is 13.5. The van der Waals surface area contributed by atoms with Gasteiger partial charge in [0.05, 0.1) is 25.0 Å². The van der Waals surface area contributed by atoms with Crippen molar-refractivity contribution in [1.29, 1.82) is 0 Å². The Bertz CT molecular complexity index is 637. The Morgan fingerprint density at radius 1 is 0.731 bits per heavy atom. The predicted molar refractivity (Wildman–Crippen MR) is 102 cm³/mol. The first kappa shape index (κ1) is 24.3. The first-order valence-corrected chi connectivity index (χ1v) is 9.44. The molecule has 0 saturated carbocycles. The summed E-state index contributed by atoms with van der Waals surface area (Å²) < 4.78 is 1.10. The van der Waals surface area contributed by atoms with Gasteiger partial charge in [0.2, 0.25) is 0 Å². The molecule has 0 amide bonds. The number of quaternary nitrogens is 2. The van der Waals surface area contributed by atoms with Gasteiger partial charge in [-0.2, -0.15) is 0 Å². The Labute approximate surface area is 169 Å². The van der Waals surface area contributed by atoms with Crippen LogP contribution in [0.5, 0.6) is 0 Å². The van der Waals surface area contributed by atoms with Crippen molar-refractivity contribution in [3.05, 3.63) is 68.6 Å². The van der Waals surface area contributed by atoms with Gasteiger partial charge in [0.25, 0.3) is 0 Å². The number of hydrogen-bond donors (Lipinski definition) is 2. The molecule has 0 bridgehead atoms. The SMILES string of the molecule is O=C([O-])c1ccccc1Br.O=C([O-])c1ccccc1Br.[NH3+]CCCC[NH3+]. The monoisotopic (exact) mass is 488 g/mol. The number of carbonyl (C=O) groups excluding carboxylic acids is 2. The fraction of sp³-hybridized carbons (Fsp3) is 0.222. The second-order valence-electron chi connectivity index (χ2n) is 4.95. The molecule has 0 aliphatic heterocycles. The van der Waals surface area contributed by atoms with E-state index in [0.29, 0.717) is 8.95 Å². The molecule has 0 atom stereocenters. The zero-order valence-corrected chi connectivity index (χ0v) is 17.4. The lowest BCUT2D eigenvalue weighted by Gasteiger charge is -2.02. The van der Waals surface area contributed by atoms with Gasteiger partial charge in [-0.15, -0.1) is 0 Å². The van der Waals surface area contributed by atoms with Crippen LogP contribution < -0.4 is 21.7 Å². The molecule has 26 heavy (non-hydrogen) atoms. The summed E-state index contributed by atoms with van der Waals surface area (Å²) in [4.78, 5) is 20.6. The van der Waals surface area contributed by atoms with Gasteiger partial charge in [0, 0.05) is 32.9 Å². The highest BCUT2D eigenvalue weighted by molar-refractivity contribution is 9.10. The van der Waals surface area contributed by atoms with Crippen LogP contribution in [-0.2, 0) is 0 Å². The highest BCUT2D eigenvalue weighted by atomic mass is 79.9. The minimum absolute atomic E-state index is 0.183. The zero-order chi connectivity index (χ0) is 19.9. The van der Waals surface area contributed by atoms with Crippen LogP contribution in [-0.4, -0.2) is 25.0 Å². The quantitative estimate of drug-likeness (QED) is 0.565. The normalized spacial score (nSPS) is 9.23.